The van der Waals surface area contributed by atoms with Crippen LogP contribution in [0.1, 0.15) is 25.8 Å². The van der Waals surface area contributed by atoms with Gasteiger partial charge in [-0.2, -0.15) is 8.78 Å². The summed E-state index contributed by atoms with van der Waals surface area (Å²) in [6.45, 7) is 1.48. The van der Waals surface area contributed by atoms with Crippen LogP contribution in [0, 0.1) is 0 Å². The number of esters is 1. The molecule has 0 saturated heterocycles. The van der Waals surface area contributed by atoms with Gasteiger partial charge < -0.3 is 26.6 Å². The molecule has 0 amide bonds. The van der Waals surface area contributed by atoms with Gasteiger partial charge in [0, 0.05) is 47.5 Å². The van der Waals surface area contributed by atoms with Crippen LogP contribution in [0.3, 0.4) is 0 Å². The molecule has 0 saturated carbocycles. The molecule has 0 bridgehead atoms. The molecular weight excluding hydrogens is 894 g/mol. The van der Waals surface area contributed by atoms with Crippen LogP contribution in [-0.2, 0) is 15.3 Å². The monoisotopic (exact) mass is 916 g/mol. The summed E-state index contributed by atoms with van der Waals surface area (Å²) < 4.78 is 77.2. The van der Waals surface area contributed by atoms with Crippen LogP contribution < -0.4 is 29.6 Å². The van der Waals surface area contributed by atoms with Gasteiger partial charge >= 0.3 is 42.0 Å². The van der Waals surface area contributed by atoms with E-state index in [2.05, 4.69) is 83.4 Å². The fraction of sp³-hybridized carbons (Fsp3) is 0.333. The number of halogens is 10. The van der Waals surface area contributed by atoms with Gasteiger partial charge in [0.25, 0.3) is 18.6 Å². The van der Waals surface area contributed by atoms with Gasteiger partial charge in [0.15, 0.2) is 6.10 Å². The van der Waals surface area contributed by atoms with Gasteiger partial charge in [0.05, 0.1) is 12.3 Å². The first-order valence-corrected chi connectivity index (χ1v) is 14.3. The minimum absolute atomic E-state index is 0. The van der Waals surface area contributed by atoms with Crippen molar-refractivity contribution in [1.82, 2.24) is 15.0 Å². The fourth-order valence-electron chi connectivity index (χ4n) is 1.96. The third kappa shape index (κ3) is 23.3. The molecule has 0 spiro atoms. The second-order valence-corrected chi connectivity index (χ2v) is 10.5. The number of ether oxygens (including phenoxy) is 1. The molecule has 0 aliphatic rings. The van der Waals surface area contributed by atoms with Crippen molar-refractivity contribution in [2.75, 3.05) is 13.7 Å². The SMILES string of the molecule is Brc1ccc(Br)nc1.CCOC(=O)C(F)F.CO.OC(O)(c1ccc(Br)cn1)C(F)F.OC(c1ccc(Br)cn1)C(F)F.[B].[H-].[Na+]. The summed E-state index contributed by atoms with van der Waals surface area (Å²) in [5, 5.41) is 33.6. The van der Waals surface area contributed by atoms with Crippen molar-refractivity contribution in [1.29, 1.82) is 0 Å². The molecule has 3 radical (unpaired) electrons. The van der Waals surface area contributed by atoms with E-state index in [1.54, 1.807) is 12.3 Å². The number of rotatable bonds is 6. The fourth-order valence-corrected chi connectivity index (χ4v) is 2.90. The van der Waals surface area contributed by atoms with Crippen molar-refractivity contribution in [2.24, 2.45) is 0 Å². The summed E-state index contributed by atoms with van der Waals surface area (Å²) >= 11 is 12.6. The molecule has 3 heterocycles. The van der Waals surface area contributed by atoms with E-state index >= 15 is 0 Å². The van der Waals surface area contributed by atoms with Crippen LogP contribution in [0.15, 0.2) is 73.0 Å². The van der Waals surface area contributed by atoms with E-state index in [9.17, 15) is 31.1 Å². The predicted octanol–water partition coefficient (Wildman–Crippen LogP) is 3.15. The van der Waals surface area contributed by atoms with Gasteiger partial charge in [0.2, 0.25) is 0 Å². The maximum Gasteiger partial charge on any atom is 1.00 e. The molecular formula is C24H26BBr4F6N3NaO6. The molecule has 1 atom stereocenters. The molecule has 0 aliphatic heterocycles. The molecule has 3 aromatic heterocycles. The summed E-state index contributed by atoms with van der Waals surface area (Å²) in [7, 11) is 1.00. The summed E-state index contributed by atoms with van der Waals surface area (Å²) in [6, 6.07) is 9.21. The van der Waals surface area contributed by atoms with Crippen molar-refractivity contribution >= 4 is 78.1 Å². The second kappa shape index (κ2) is 28.3. The molecule has 1 unspecified atom stereocenters. The number of carbonyl (C=O) groups is 1. The Balaban J connectivity index is -0.000000159. The van der Waals surface area contributed by atoms with Crippen molar-refractivity contribution in [3.8, 4) is 0 Å². The van der Waals surface area contributed by atoms with Crippen LogP contribution in [0.5, 0.6) is 0 Å². The number of aliphatic hydroxyl groups excluding tert-OH is 2. The standard InChI is InChI=1S/C7H6BrF2NO2.C7H6BrF2NO.C5H3Br2N.C4H6F2O2.CH4O.B.Na.H/c8-4-1-2-5(11-3-4)7(12,13)6(9)10;8-4-1-2-5(11-3-4)6(12)7(9)10;6-4-1-2-5(7)8-3-4;1-2-8-4(7)3(5)6;1-2;;;/h1-3,6,12-13H;1-3,6-7,12H;1-3H;3H,2H2,1H3;2H,1H3;;;/q;;;;;;+1;-1. The third-order valence-electron chi connectivity index (χ3n) is 3.86. The normalized spacial score (nSPS) is 10.6. The van der Waals surface area contributed by atoms with Gasteiger partial charge in [0.1, 0.15) is 10.3 Å². The Morgan fingerprint density at radius 3 is 1.56 bits per heavy atom. The zero-order chi connectivity index (χ0) is 33.8. The molecule has 9 nitrogen and oxygen atoms in total. The van der Waals surface area contributed by atoms with Crippen LogP contribution in [-0.4, -0.2) is 82.8 Å². The van der Waals surface area contributed by atoms with E-state index < -0.39 is 42.8 Å². The van der Waals surface area contributed by atoms with Crippen molar-refractivity contribution < 1.29 is 87.3 Å². The molecule has 3 rings (SSSR count). The molecule has 4 N–H and O–H groups in total. The Bertz CT molecular complexity index is 1150. The molecule has 0 aromatic carbocycles. The predicted molar refractivity (Wildman–Crippen MR) is 164 cm³/mol. The maximum absolute atomic E-state index is 12.0. The maximum atomic E-state index is 12.0. The zero-order valence-corrected chi connectivity index (χ0v) is 31.9. The Morgan fingerprint density at radius 1 is 0.844 bits per heavy atom. The molecule has 247 valence electrons. The average molecular weight is 920 g/mol. The molecule has 45 heavy (non-hydrogen) atoms. The van der Waals surface area contributed by atoms with E-state index in [1.807, 2.05) is 12.1 Å². The second-order valence-electron chi connectivity index (χ2n) is 6.92. The van der Waals surface area contributed by atoms with E-state index in [-0.39, 0.29) is 51.7 Å². The van der Waals surface area contributed by atoms with Gasteiger partial charge in [-0.05, 0) is 107 Å². The summed E-state index contributed by atoms with van der Waals surface area (Å²) in [5.41, 5.74) is -0.501. The molecule has 3 aromatic rings. The zero-order valence-electron chi connectivity index (χ0n) is 24.5. The molecule has 0 fully saturated rings. The summed E-state index contributed by atoms with van der Waals surface area (Å²) in [5.74, 6) is -4.63. The number of alkyl halides is 6. The van der Waals surface area contributed by atoms with Gasteiger partial charge in [-0.3, -0.25) is 9.97 Å². The smallest absolute Gasteiger partial charge is 1.00 e. The van der Waals surface area contributed by atoms with Crippen molar-refractivity contribution in [3.63, 3.8) is 0 Å². The number of hydrogen-bond donors (Lipinski definition) is 4. The first-order chi connectivity index (χ1) is 20.0. The number of hydrogen-bond acceptors (Lipinski definition) is 9. The van der Waals surface area contributed by atoms with Crippen molar-refractivity contribution in [2.45, 2.75) is 38.1 Å². The first-order valence-electron chi connectivity index (χ1n) is 11.1. The number of pyridine rings is 3. The van der Waals surface area contributed by atoms with E-state index in [4.69, 9.17) is 20.4 Å². The van der Waals surface area contributed by atoms with Crippen LogP contribution in [0.2, 0.25) is 0 Å². The number of aromatic nitrogens is 3. The van der Waals surface area contributed by atoms with E-state index in [1.165, 1.54) is 31.5 Å². The Morgan fingerprint density at radius 2 is 1.29 bits per heavy atom. The summed E-state index contributed by atoms with van der Waals surface area (Å²) in [4.78, 5) is 20.8. The minimum Gasteiger partial charge on any atom is -1.00 e. The Hall–Kier alpha value is -0.675. The Kier molecular flexibility index (Phi) is 32.2. The van der Waals surface area contributed by atoms with Gasteiger partial charge in [-0.15, -0.1) is 0 Å². The average Bonchev–Trinajstić information content (AvgIpc) is 2.97. The Labute approximate surface area is 314 Å². The quantitative estimate of drug-likeness (QED) is 0.0965. The minimum atomic E-state index is -3.29. The summed E-state index contributed by atoms with van der Waals surface area (Å²) in [6.07, 6.45) is -6.56. The largest absolute Gasteiger partial charge is 1.00 e. The van der Waals surface area contributed by atoms with Crippen molar-refractivity contribution in [3.05, 3.63) is 84.4 Å². The van der Waals surface area contributed by atoms with Gasteiger partial charge in [-0.1, -0.05) is 0 Å². The number of nitrogens with zero attached hydrogens (tertiary/aromatic N) is 3. The van der Waals surface area contributed by atoms with Gasteiger partial charge in [-0.25, -0.2) is 27.3 Å². The number of carbonyl (C=O) groups excluding carboxylic acids is 1. The molecule has 0 aliphatic carbocycles. The molecule has 21 heteroatoms. The number of aliphatic hydroxyl groups is 4. The van der Waals surface area contributed by atoms with Crippen LogP contribution >= 0.6 is 63.7 Å². The van der Waals surface area contributed by atoms with E-state index in [0.717, 1.165) is 22.3 Å². The van der Waals surface area contributed by atoms with E-state index in [0.29, 0.717) is 8.95 Å². The van der Waals surface area contributed by atoms with Crippen LogP contribution in [0.4, 0.5) is 26.3 Å². The van der Waals surface area contributed by atoms with Crippen LogP contribution in [0.25, 0.3) is 0 Å². The third-order valence-corrected chi connectivity index (χ3v) is 5.73. The first kappa shape index (κ1) is 51.2. The topological polar surface area (TPSA) is 146 Å².